The zero-order valence-corrected chi connectivity index (χ0v) is 10.1. The van der Waals surface area contributed by atoms with E-state index in [1.165, 1.54) is 0 Å². The molecule has 0 unspecified atom stereocenters. The monoisotopic (exact) mass is 240 g/mol. The highest BCUT2D eigenvalue weighted by atomic mass is 16.5. The minimum atomic E-state index is 0.565. The average molecular weight is 240 g/mol. The number of benzene rings is 1. The van der Waals surface area contributed by atoms with Crippen molar-refractivity contribution in [3.63, 3.8) is 0 Å². The standard InChI is InChI=1S/C15H16N2O/c1-2-11-4-3-5-13(8-6-11)18-15-10-12(16)7-9-14(15)17/h2-3,5-10H,1,4,16-17H2. The van der Waals surface area contributed by atoms with E-state index < -0.39 is 0 Å². The van der Waals surface area contributed by atoms with Crippen molar-refractivity contribution in [2.24, 2.45) is 0 Å². The molecule has 3 heteroatoms. The predicted molar refractivity (Wildman–Crippen MR) is 76.0 cm³/mol. The lowest BCUT2D eigenvalue weighted by Gasteiger charge is -2.09. The molecule has 0 saturated heterocycles. The van der Waals surface area contributed by atoms with Gasteiger partial charge in [-0.2, -0.15) is 0 Å². The summed E-state index contributed by atoms with van der Waals surface area (Å²) in [5.41, 5.74) is 13.9. The van der Waals surface area contributed by atoms with Crippen LogP contribution in [0.5, 0.6) is 5.75 Å². The van der Waals surface area contributed by atoms with Gasteiger partial charge in [0, 0.05) is 11.8 Å². The molecule has 0 radical (unpaired) electrons. The topological polar surface area (TPSA) is 61.3 Å². The highest BCUT2D eigenvalue weighted by molar-refractivity contribution is 5.60. The van der Waals surface area contributed by atoms with E-state index >= 15 is 0 Å². The average Bonchev–Trinajstić information content (AvgIpc) is 2.59. The molecule has 0 amide bonds. The Morgan fingerprint density at radius 1 is 1.22 bits per heavy atom. The summed E-state index contributed by atoms with van der Waals surface area (Å²) in [7, 11) is 0. The second-order valence-corrected chi connectivity index (χ2v) is 4.02. The van der Waals surface area contributed by atoms with Crippen LogP contribution < -0.4 is 16.2 Å². The van der Waals surface area contributed by atoms with Crippen molar-refractivity contribution in [3.05, 3.63) is 66.5 Å². The van der Waals surface area contributed by atoms with Crippen molar-refractivity contribution in [3.8, 4) is 5.75 Å². The van der Waals surface area contributed by atoms with E-state index in [0.29, 0.717) is 17.1 Å². The number of hydrogen-bond acceptors (Lipinski definition) is 3. The van der Waals surface area contributed by atoms with E-state index in [2.05, 4.69) is 6.58 Å². The summed E-state index contributed by atoms with van der Waals surface area (Å²) in [6, 6.07) is 5.19. The molecule has 2 rings (SSSR count). The quantitative estimate of drug-likeness (QED) is 0.798. The van der Waals surface area contributed by atoms with Gasteiger partial charge in [-0.1, -0.05) is 24.8 Å². The molecule has 18 heavy (non-hydrogen) atoms. The van der Waals surface area contributed by atoms with Crippen molar-refractivity contribution in [1.29, 1.82) is 0 Å². The lowest BCUT2D eigenvalue weighted by Crippen LogP contribution is -1.97. The number of nitrogen functional groups attached to an aromatic ring is 2. The summed E-state index contributed by atoms with van der Waals surface area (Å²) in [5, 5.41) is 0. The molecule has 0 heterocycles. The number of hydrogen-bond donors (Lipinski definition) is 2. The van der Waals surface area contributed by atoms with Gasteiger partial charge in [0.1, 0.15) is 5.76 Å². The summed E-state index contributed by atoms with van der Waals surface area (Å²) < 4.78 is 5.73. The molecule has 3 nitrogen and oxygen atoms in total. The van der Waals surface area contributed by atoms with Gasteiger partial charge in [0.15, 0.2) is 5.75 Å². The molecule has 0 fully saturated rings. The van der Waals surface area contributed by atoms with Crippen molar-refractivity contribution >= 4 is 11.4 Å². The normalized spacial score (nSPS) is 14.4. The molecule has 0 saturated carbocycles. The molecular weight excluding hydrogens is 224 g/mol. The van der Waals surface area contributed by atoms with E-state index in [0.717, 1.165) is 17.8 Å². The number of rotatable bonds is 3. The second kappa shape index (κ2) is 5.27. The number of nitrogens with two attached hydrogens (primary N) is 2. The minimum absolute atomic E-state index is 0.565. The van der Waals surface area contributed by atoms with Gasteiger partial charge in [0.2, 0.25) is 0 Å². The summed E-state index contributed by atoms with van der Waals surface area (Å²) in [4.78, 5) is 0. The third-order valence-electron chi connectivity index (χ3n) is 2.62. The fraction of sp³-hybridized carbons (Fsp3) is 0.0667. The second-order valence-electron chi connectivity index (χ2n) is 4.02. The van der Waals surface area contributed by atoms with Gasteiger partial charge in [-0.15, -0.1) is 0 Å². The molecule has 92 valence electrons. The van der Waals surface area contributed by atoms with E-state index in [9.17, 15) is 0 Å². The number of allylic oxidation sites excluding steroid dienone is 6. The highest BCUT2D eigenvalue weighted by Gasteiger charge is 2.04. The first-order chi connectivity index (χ1) is 8.69. The molecule has 1 aromatic carbocycles. The number of ether oxygens (including phenoxy) is 1. The molecular formula is C15H16N2O. The van der Waals surface area contributed by atoms with Crippen LogP contribution >= 0.6 is 0 Å². The summed E-state index contributed by atoms with van der Waals surface area (Å²) in [6.45, 7) is 3.75. The maximum absolute atomic E-state index is 5.84. The first kappa shape index (κ1) is 12.0. The Bertz CT molecular complexity index is 554. The maximum atomic E-state index is 5.84. The van der Waals surface area contributed by atoms with Crippen LogP contribution in [-0.4, -0.2) is 0 Å². The third-order valence-corrected chi connectivity index (χ3v) is 2.62. The SMILES string of the molecule is C=CC1=CC=C(Oc2cc(N)ccc2N)C=CC1. The Balaban J connectivity index is 2.23. The molecule has 0 atom stereocenters. The molecule has 0 aromatic heterocycles. The van der Waals surface area contributed by atoms with Crippen LogP contribution in [0.3, 0.4) is 0 Å². The van der Waals surface area contributed by atoms with E-state index in [-0.39, 0.29) is 0 Å². The molecule has 1 aromatic rings. The largest absolute Gasteiger partial charge is 0.455 e. The summed E-state index contributed by atoms with van der Waals surface area (Å²) in [5.74, 6) is 1.30. The Morgan fingerprint density at radius 3 is 2.83 bits per heavy atom. The van der Waals surface area contributed by atoms with Gasteiger partial charge < -0.3 is 16.2 Å². The van der Waals surface area contributed by atoms with Gasteiger partial charge in [-0.25, -0.2) is 0 Å². The van der Waals surface area contributed by atoms with Crippen molar-refractivity contribution in [1.82, 2.24) is 0 Å². The summed E-state index contributed by atoms with van der Waals surface area (Å²) >= 11 is 0. The molecule has 1 aliphatic carbocycles. The lowest BCUT2D eigenvalue weighted by atomic mass is 10.2. The zero-order valence-electron chi connectivity index (χ0n) is 10.1. The van der Waals surface area contributed by atoms with E-state index in [1.54, 1.807) is 18.2 Å². The van der Waals surface area contributed by atoms with Gasteiger partial charge in [0.05, 0.1) is 5.69 Å². The molecule has 0 aliphatic heterocycles. The zero-order chi connectivity index (χ0) is 13.0. The van der Waals surface area contributed by atoms with Crippen molar-refractivity contribution in [2.75, 3.05) is 11.5 Å². The predicted octanol–water partition coefficient (Wildman–Crippen LogP) is 3.19. The first-order valence-electron chi connectivity index (χ1n) is 5.72. The minimum Gasteiger partial charge on any atom is -0.455 e. The molecule has 0 bridgehead atoms. The Hall–Kier alpha value is -2.42. The fourth-order valence-corrected chi connectivity index (χ4v) is 1.61. The van der Waals surface area contributed by atoms with Crippen LogP contribution in [0.1, 0.15) is 6.42 Å². The third kappa shape index (κ3) is 2.83. The molecule has 1 aliphatic rings. The van der Waals surface area contributed by atoms with Crippen molar-refractivity contribution < 1.29 is 4.74 Å². The van der Waals surface area contributed by atoms with Crippen LogP contribution in [-0.2, 0) is 0 Å². The Labute approximate surface area is 107 Å². The Kier molecular flexibility index (Phi) is 3.53. The molecule has 4 N–H and O–H groups in total. The van der Waals surface area contributed by atoms with Gasteiger partial charge in [-0.05, 0) is 36.3 Å². The highest BCUT2D eigenvalue weighted by Crippen LogP contribution is 2.26. The smallest absolute Gasteiger partial charge is 0.152 e. The van der Waals surface area contributed by atoms with Gasteiger partial charge in [-0.3, -0.25) is 0 Å². The van der Waals surface area contributed by atoms with Crippen LogP contribution in [0, 0.1) is 0 Å². The Morgan fingerprint density at radius 2 is 2.06 bits per heavy atom. The van der Waals surface area contributed by atoms with Gasteiger partial charge in [0.25, 0.3) is 0 Å². The summed E-state index contributed by atoms with van der Waals surface area (Å²) in [6.07, 6.45) is 10.5. The van der Waals surface area contributed by atoms with E-state index in [1.807, 2.05) is 30.4 Å². The van der Waals surface area contributed by atoms with Crippen LogP contribution in [0.2, 0.25) is 0 Å². The lowest BCUT2D eigenvalue weighted by molar-refractivity contribution is 0.447. The number of anilines is 2. The van der Waals surface area contributed by atoms with Crippen LogP contribution in [0.25, 0.3) is 0 Å². The first-order valence-corrected chi connectivity index (χ1v) is 5.72. The van der Waals surface area contributed by atoms with E-state index in [4.69, 9.17) is 16.2 Å². The van der Waals surface area contributed by atoms with Crippen LogP contribution in [0.4, 0.5) is 11.4 Å². The van der Waals surface area contributed by atoms with Crippen LogP contribution in [0.15, 0.2) is 66.5 Å². The van der Waals surface area contributed by atoms with Gasteiger partial charge >= 0.3 is 0 Å². The molecule has 0 spiro atoms. The maximum Gasteiger partial charge on any atom is 0.152 e. The fourth-order valence-electron chi connectivity index (χ4n) is 1.61. The van der Waals surface area contributed by atoms with Crippen molar-refractivity contribution in [2.45, 2.75) is 6.42 Å².